The van der Waals surface area contributed by atoms with Gasteiger partial charge in [-0.25, -0.2) is 4.39 Å². The van der Waals surface area contributed by atoms with Gasteiger partial charge in [0.15, 0.2) is 5.11 Å². The van der Waals surface area contributed by atoms with Crippen molar-refractivity contribution in [2.75, 3.05) is 10.6 Å². The van der Waals surface area contributed by atoms with E-state index in [9.17, 15) is 14.0 Å². The molecular formula is C35H29FN4O3S. The molecule has 5 aromatic rings. The minimum Gasteiger partial charge on any atom is -0.457 e. The van der Waals surface area contributed by atoms with E-state index in [0.717, 1.165) is 16.7 Å². The Kier molecular flexibility index (Phi) is 9.58. The smallest absolute Gasteiger partial charge is 0.268 e. The number of halogens is 1. The number of aryl methyl sites for hydroxylation is 1. The van der Waals surface area contributed by atoms with Gasteiger partial charge >= 0.3 is 0 Å². The maximum atomic E-state index is 14.0. The summed E-state index contributed by atoms with van der Waals surface area (Å²) in [5.41, 5.74) is 4.13. The summed E-state index contributed by atoms with van der Waals surface area (Å²) in [4.78, 5) is 26.4. The van der Waals surface area contributed by atoms with Gasteiger partial charge in [-0.1, -0.05) is 72.3 Å². The van der Waals surface area contributed by atoms with Crippen molar-refractivity contribution in [3.8, 4) is 11.3 Å². The molecule has 0 aliphatic rings. The highest BCUT2D eigenvalue weighted by Crippen LogP contribution is 2.24. The lowest BCUT2D eigenvalue weighted by molar-refractivity contribution is -0.117. The SMILES string of the molecule is Cc1ccc(-c2ccc(C=C(NC(=O)c3ccccc3)C(=O)NCc3cccc(NC(=S)Nc4ccccc4F)c3)o2)cc1. The Morgan fingerprint density at radius 3 is 2.36 bits per heavy atom. The molecule has 0 unspecified atom stereocenters. The molecular weight excluding hydrogens is 575 g/mol. The molecule has 5 rings (SSSR count). The van der Waals surface area contributed by atoms with Crippen LogP contribution < -0.4 is 21.3 Å². The number of carbonyl (C=O) groups excluding carboxylic acids is 2. The molecule has 220 valence electrons. The van der Waals surface area contributed by atoms with Crippen molar-refractivity contribution in [3.05, 3.63) is 149 Å². The lowest BCUT2D eigenvalue weighted by Crippen LogP contribution is -2.34. The molecule has 0 atom stereocenters. The van der Waals surface area contributed by atoms with Crippen LogP contribution in [0, 0.1) is 12.7 Å². The summed E-state index contributed by atoms with van der Waals surface area (Å²) in [5.74, 6) is -0.312. The number of para-hydroxylation sites is 1. The molecule has 1 heterocycles. The average Bonchev–Trinajstić information content (AvgIpc) is 3.50. The largest absolute Gasteiger partial charge is 0.457 e. The van der Waals surface area contributed by atoms with E-state index in [1.54, 1.807) is 66.7 Å². The Morgan fingerprint density at radius 1 is 0.841 bits per heavy atom. The van der Waals surface area contributed by atoms with Crippen molar-refractivity contribution in [1.29, 1.82) is 0 Å². The minimum absolute atomic E-state index is 0.0215. The van der Waals surface area contributed by atoms with Crippen molar-refractivity contribution in [2.45, 2.75) is 13.5 Å². The van der Waals surface area contributed by atoms with Crippen LogP contribution in [-0.4, -0.2) is 16.9 Å². The molecule has 1 aromatic heterocycles. The number of anilines is 2. The standard InChI is InChI=1S/C35H29FN4O3S/c1-23-14-16-25(17-15-23)32-19-18-28(43-32)21-31(39-33(41)26-9-3-2-4-10-26)34(42)37-22-24-8-7-11-27(20-24)38-35(44)40-30-13-6-5-12-29(30)36/h2-21H,22H2,1H3,(H,37,42)(H,39,41)(H2,38,40,44). The van der Waals surface area contributed by atoms with E-state index in [1.807, 2.05) is 49.4 Å². The summed E-state index contributed by atoms with van der Waals surface area (Å²) in [6.07, 6.45) is 1.50. The summed E-state index contributed by atoms with van der Waals surface area (Å²) >= 11 is 5.33. The van der Waals surface area contributed by atoms with Crippen molar-refractivity contribution in [3.63, 3.8) is 0 Å². The average molecular weight is 605 g/mol. The van der Waals surface area contributed by atoms with Crippen LogP contribution in [0.2, 0.25) is 0 Å². The van der Waals surface area contributed by atoms with Gasteiger partial charge in [-0.15, -0.1) is 0 Å². The van der Waals surface area contributed by atoms with Gasteiger partial charge in [0.25, 0.3) is 11.8 Å². The molecule has 7 nitrogen and oxygen atoms in total. The van der Waals surface area contributed by atoms with Crippen molar-refractivity contribution < 1.29 is 18.4 Å². The van der Waals surface area contributed by atoms with Gasteiger partial charge in [0.2, 0.25) is 0 Å². The second-order valence-electron chi connectivity index (χ2n) is 9.89. The number of amides is 2. The summed E-state index contributed by atoms with van der Waals surface area (Å²) in [6, 6.07) is 33.6. The first kappa shape index (κ1) is 29.9. The zero-order chi connectivity index (χ0) is 30.9. The monoisotopic (exact) mass is 604 g/mol. The van der Waals surface area contributed by atoms with Crippen LogP contribution in [0.1, 0.15) is 27.2 Å². The van der Waals surface area contributed by atoms with E-state index in [4.69, 9.17) is 16.6 Å². The summed E-state index contributed by atoms with van der Waals surface area (Å²) in [5, 5.41) is 11.7. The predicted octanol–water partition coefficient (Wildman–Crippen LogP) is 7.29. The maximum Gasteiger partial charge on any atom is 0.268 e. The zero-order valence-electron chi connectivity index (χ0n) is 23.8. The van der Waals surface area contributed by atoms with Crippen LogP contribution in [0.25, 0.3) is 17.4 Å². The fourth-order valence-corrected chi connectivity index (χ4v) is 4.50. The Morgan fingerprint density at radius 2 is 1.59 bits per heavy atom. The highest BCUT2D eigenvalue weighted by atomic mass is 32.1. The van der Waals surface area contributed by atoms with E-state index < -0.39 is 17.6 Å². The number of nitrogens with one attached hydrogen (secondary N) is 4. The van der Waals surface area contributed by atoms with Gasteiger partial charge in [0.05, 0.1) is 5.69 Å². The highest BCUT2D eigenvalue weighted by molar-refractivity contribution is 7.80. The number of furan rings is 1. The Labute approximate surface area is 259 Å². The summed E-state index contributed by atoms with van der Waals surface area (Å²) in [6.45, 7) is 2.17. The first-order chi connectivity index (χ1) is 21.3. The Bertz CT molecular complexity index is 1820. The molecule has 0 saturated carbocycles. The second kappa shape index (κ2) is 14.1. The lowest BCUT2D eigenvalue weighted by Gasteiger charge is -2.13. The van der Waals surface area contributed by atoms with Crippen molar-refractivity contribution in [2.24, 2.45) is 0 Å². The lowest BCUT2D eigenvalue weighted by atomic mass is 10.1. The number of rotatable bonds is 9. The van der Waals surface area contributed by atoms with Gasteiger partial charge in [0.1, 0.15) is 23.0 Å². The predicted molar refractivity (Wildman–Crippen MR) is 175 cm³/mol. The van der Waals surface area contributed by atoms with Gasteiger partial charge in [-0.2, -0.15) is 0 Å². The van der Waals surface area contributed by atoms with E-state index in [2.05, 4.69) is 21.3 Å². The fraction of sp³-hybridized carbons (Fsp3) is 0.0571. The number of carbonyl (C=O) groups is 2. The Hall–Kier alpha value is -5.54. The molecule has 2 amide bonds. The second-order valence-corrected chi connectivity index (χ2v) is 10.3. The molecule has 0 saturated heterocycles. The molecule has 4 N–H and O–H groups in total. The van der Waals surface area contributed by atoms with Gasteiger partial charge in [-0.3, -0.25) is 9.59 Å². The number of hydrogen-bond donors (Lipinski definition) is 4. The van der Waals surface area contributed by atoms with Crippen molar-refractivity contribution >= 4 is 46.6 Å². The van der Waals surface area contributed by atoms with Gasteiger partial charge < -0.3 is 25.7 Å². The van der Waals surface area contributed by atoms with Crippen LogP contribution in [0.3, 0.4) is 0 Å². The molecule has 0 spiro atoms. The fourth-order valence-electron chi connectivity index (χ4n) is 4.27. The maximum absolute atomic E-state index is 14.0. The third-order valence-corrected chi connectivity index (χ3v) is 6.74. The third-order valence-electron chi connectivity index (χ3n) is 6.54. The highest BCUT2D eigenvalue weighted by Gasteiger charge is 2.16. The summed E-state index contributed by atoms with van der Waals surface area (Å²) < 4.78 is 20.0. The van der Waals surface area contributed by atoms with Gasteiger partial charge in [0, 0.05) is 29.4 Å². The molecule has 9 heteroatoms. The van der Waals surface area contributed by atoms with Gasteiger partial charge in [-0.05, 0) is 73.2 Å². The number of hydrogen-bond acceptors (Lipinski definition) is 4. The molecule has 44 heavy (non-hydrogen) atoms. The summed E-state index contributed by atoms with van der Waals surface area (Å²) in [7, 11) is 0. The normalized spacial score (nSPS) is 11.0. The van der Waals surface area contributed by atoms with Crippen LogP contribution >= 0.6 is 12.2 Å². The Balaban J connectivity index is 1.29. The first-order valence-corrected chi connectivity index (χ1v) is 14.2. The van der Waals surface area contributed by atoms with E-state index in [0.29, 0.717) is 22.8 Å². The zero-order valence-corrected chi connectivity index (χ0v) is 24.6. The minimum atomic E-state index is -0.502. The molecule has 0 fully saturated rings. The molecule has 0 aliphatic carbocycles. The number of benzene rings is 4. The van der Waals surface area contributed by atoms with Crippen LogP contribution in [0.15, 0.2) is 125 Å². The first-order valence-electron chi connectivity index (χ1n) is 13.8. The molecule has 0 aliphatic heterocycles. The molecule has 0 bridgehead atoms. The molecule has 4 aromatic carbocycles. The van der Waals surface area contributed by atoms with Crippen molar-refractivity contribution in [1.82, 2.24) is 10.6 Å². The number of thiocarbonyl (C=S) groups is 1. The van der Waals surface area contributed by atoms with E-state index in [-0.39, 0.29) is 23.0 Å². The molecule has 0 radical (unpaired) electrons. The van der Waals surface area contributed by atoms with E-state index in [1.165, 1.54) is 12.1 Å². The van der Waals surface area contributed by atoms with E-state index >= 15 is 0 Å². The quantitative estimate of drug-likeness (QED) is 0.104. The van der Waals surface area contributed by atoms with Crippen LogP contribution in [0.5, 0.6) is 0 Å². The van der Waals surface area contributed by atoms with Crippen LogP contribution in [0.4, 0.5) is 15.8 Å². The third kappa shape index (κ3) is 8.05. The van der Waals surface area contributed by atoms with Crippen LogP contribution in [-0.2, 0) is 11.3 Å². The topological polar surface area (TPSA) is 95.4 Å².